The molecule has 1 heterocycles. The molecule has 1 amide bonds. The van der Waals surface area contributed by atoms with Crippen molar-refractivity contribution in [3.63, 3.8) is 0 Å². The van der Waals surface area contributed by atoms with E-state index in [0.29, 0.717) is 16.4 Å². The predicted molar refractivity (Wildman–Crippen MR) is 101 cm³/mol. The van der Waals surface area contributed by atoms with Crippen molar-refractivity contribution < 1.29 is 18.3 Å². The van der Waals surface area contributed by atoms with Gasteiger partial charge in [0, 0.05) is 15.4 Å². The molecule has 0 spiro atoms. The fraction of sp³-hybridized carbons (Fsp3) is 0.111. The zero-order valence-corrected chi connectivity index (χ0v) is 15.7. The van der Waals surface area contributed by atoms with Gasteiger partial charge in [0.1, 0.15) is 5.75 Å². The molecule has 0 saturated heterocycles. The van der Waals surface area contributed by atoms with Crippen molar-refractivity contribution in [2.75, 3.05) is 5.32 Å². The molecule has 0 aliphatic rings. The fourth-order valence-corrected chi connectivity index (χ4v) is 3.27. The summed E-state index contributed by atoms with van der Waals surface area (Å²) in [5.41, 5.74) is 1.78. The van der Waals surface area contributed by atoms with Gasteiger partial charge >= 0.3 is 6.61 Å². The minimum absolute atomic E-state index is 0.0422. The number of carbonyl (C=O) groups excluding carboxylic acids is 1. The normalized spacial score (nSPS) is 10.8. The zero-order chi connectivity index (χ0) is 18.5. The Hall–Kier alpha value is -2.32. The molecule has 1 N–H and O–H groups in total. The van der Waals surface area contributed by atoms with Crippen LogP contribution in [-0.2, 0) is 11.2 Å². The molecule has 2 aromatic carbocycles. The van der Waals surface area contributed by atoms with Gasteiger partial charge in [0.25, 0.3) is 0 Å². The maximum Gasteiger partial charge on any atom is 0.387 e. The minimum Gasteiger partial charge on any atom is -0.434 e. The first-order valence-corrected chi connectivity index (χ1v) is 9.22. The number of nitrogens with one attached hydrogen (secondary N) is 1. The van der Waals surface area contributed by atoms with Crippen molar-refractivity contribution in [2.45, 2.75) is 13.0 Å². The number of para-hydroxylation sites is 1. The molecule has 0 atom stereocenters. The topological polar surface area (TPSA) is 51.2 Å². The summed E-state index contributed by atoms with van der Waals surface area (Å²) >= 11 is 4.56. The van der Waals surface area contributed by atoms with Gasteiger partial charge in [-0.15, -0.1) is 11.3 Å². The summed E-state index contributed by atoms with van der Waals surface area (Å²) < 4.78 is 30.5. The standard InChI is InChI=1S/C18H13BrF2N2O2S/c19-12-7-5-11(6-8-12)9-16(24)23-18-22-14(10-26-18)13-3-1-2-4-15(13)25-17(20)21/h1-8,10,17H,9H2,(H,22,23,24). The molecular formula is C18H13BrF2N2O2S. The van der Waals surface area contributed by atoms with Crippen LogP contribution in [-0.4, -0.2) is 17.5 Å². The number of anilines is 1. The van der Waals surface area contributed by atoms with Crippen LogP contribution in [0.1, 0.15) is 5.56 Å². The first-order chi connectivity index (χ1) is 12.5. The lowest BCUT2D eigenvalue weighted by molar-refractivity contribution is -0.115. The predicted octanol–water partition coefficient (Wildman–Crippen LogP) is 5.36. The second-order valence-electron chi connectivity index (χ2n) is 5.26. The second-order valence-corrected chi connectivity index (χ2v) is 7.04. The quantitative estimate of drug-likeness (QED) is 0.563. The van der Waals surface area contributed by atoms with E-state index in [1.54, 1.807) is 23.6 Å². The Morgan fingerprint density at radius 2 is 1.92 bits per heavy atom. The number of carbonyl (C=O) groups is 1. The molecule has 0 radical (unpaired) electrons. The first kappa shape index (κ1) is 18.5. The molecule has 3 rings (SSSR count). The van der Waals surface area contributed by atoms with Gasteiger partial charge in [-0.2, -0.15) is 8.78 Å². The third-order valence-electron chi connectivity index (χ3n) is 3.41. The Balaban J connectivity index is 1.70. The van der Waals surface area contributed by atoms with Gasteiger partial charge in [-0.25, -0.2) is 4.98 Å². The number of hydrogen-bond donors (Lipinski definition) is 1. The molecule has 0 aliphatic carbocycles. The van der Waals surface area contributed by atoms with Gasteiger partial charge in [-0.3, -0.25) is 4.79 Å². The number of hydrogen-bond acceptors (Lipinski definition) is 4. The average Bonchev–Trinajstić information content (AvgIpc) is 3.05. The van der Waals surface area contributed by atoms with Crippen molar-refractivity contribution in [2.24, 2.45) is 0 Å². The number of benzene rings is 2. The maximum atomic E-state index is 12.5. The largest absolute Gasteiger partial charge is 0.434 e. The number of halogens is 3. The lowest BCUT2D eigenvalue weighted by Gasteiger charge is -2.08. The Morgan fingerprint density at radius 1 is 1.19 bits per heavy atom. The van der Waals surface area contributed by atoms with Crippen LogP contribution in [0.2, 0.25) is 0 Å². The molecular weight excluding hydrogens is 426 g/mol. The lowest BCUT2D eigenvalue weighted by atomic mass is 10.1. The summed E-state index contributed by atoms with van der Waals surface area (Å²) in [6.45, 7) is -2.92. The van der Waals surface area contributed by atoms with Crippen LogP contribution in [0.5, 0.6) is 5.75 Å². The Kier molecular flexibility index (Phi) is 5.95. The van der Waals surface area contributed by atoms with E-state index in [0.717, 1.165) is 10.0 Å². The molecule has 134 valence electrons. The zero-order valence-electron chi connectivity index (χ0n) is 13.3. The van der Waals surface area contributed by atoms with E-state index in [9.17, 15) is 13.6 Å². The summed E-state index contributed by atoms with van der Waals surface area (Å²) in [4.78, 5) is 16.4. The van der Waals surface area contributed by atoms with Crippen LogP contribution in [0.3, 0.4) is 0 Å². The average molecular weight is 439 g/mol. The number of aromatic nitrogens is 1. The number of ether oxygens (including phenoxy) is 1. The van der Waals surface area contributed by atoms with Crippen LogP contribution in [0.25, 0.3) is 11.3 Å². The van der Waals surface area contributed by atoms with Gasteiger partial charge in [-0.1, -0.05) is 40.2 Å². The van der Waals surface area contributed by atoms with Crippen molar-refractivity contribution >= 4 is 38.3 Å². The highest BCUT2D eigenvalue weighted by molar-refractivity contribution is 9.10. The molecule has 0 bridgehead atoms. The van der Waals surface area contributed by atoms with Crippen molar-refractivity contribution in [1.82, 2.24) is 4.98 Å². The highest BCUT2D eigenvalue weighted by atomic mass is 79.9. The van der Waals surface area contributed by atoms with E-state index >= 15 is 0 Å². The smallest absolute Gasteiger partial charge is 0.387 e. The molecule has 8 heteroatoms. The molecule has 0 unspecified atom stereocenters. The SMILES string of the molecule is O=C(Cc1ccc(Br)cc1)Nc1nc(-c2ccccc2OC(F)F)cs1. The summed E-state index contributed by atoms with van der Waals surface area (Å²) in [5.74, 6) is -0.161. The second kappa shape index (κ2) is 8.37. The molecule has 1 aromatic heterocycles. The van der Waals surface area contributed by atoms with Crippen molar-refractivity contribution in [3.05, 3.63) is 63.9 Å². The molecule has 0 fully saturated rings. The Morgan fingerprint density at radius 3 is 2.65 bits per heavy atom. The van der Waals surface area contributed by atoms with E-state index in [1.807, 2.05) is 24.3 Å². The van der Waals surface area contributed by atoms with Crippen LogP contribution in [0, 0.1) is 0 Å². The van der Waals surface area contributed by atoms with Gasteiger partial charge in [0.2, 0.25) is 5.91 Å². The van der Waals surface area contributed by atoms with Crippen LogP contribution in [0.15, 0.2) is 58.4 Å². The molecule has 4 nitrogen and oxygen atoms in total. The van der Waals surface area contributed by atoms with E-state index in [2.05, 4.69) is 31.0 Å². The van der Waals surface area contributed by atoms with Crippen molar-refractivity contribution in [3.8, 4) is 17.0 Å². The van der Waals surface area contributed by atoms with Crippen molar-refractivity contribution in [1.29, 1.82) is 0 Å². The Labute approximate surface area is 161 Å². The van der Waals surface area contributed by atoms with E-state index < -0.39 is 6.61 Å². The number of rotatable bonds is 6. The third kappa shape index (κ3) is 4.86. The van der Waals surface area contributed by atoms with Crippen LogP contribution >= 0.6 is 27.3 Å². The monoisotopic (exact) mass is 438 g/mol. The first-order valence-electron chi connectivity index (χ1n) is 7.55. The lowest BCUT2D eigenvalue weighted by Crippen LogP contribution is -2.14. The van der Waals surface area contributed by atoms with Crippen LogP contribution in [0.4, 0.5) is 13.9 Å². The number of thiazole rings is 1. The summed E-state index contributed by atoms with van der Waals surface area (Å²) in [5, 5.41) is 4.80. The molecule has 0 saturated carbocycles. The highest BCUT2D eigenvalue weighted by Gasteiger charge is 2.14. The summed E-state index contributed by atoms with van der Waals surface area (Å²) in [6.07, 6.45) is 0.216. The summed E-state index contributed by atoms with van der Waals surface area (Å²) in [6, 6.07) is 13.8. The van der Waals surface area contributed by atoms with E-state index in [4.69, 9.17) is 0 Å². The number of amides is 1. The summed E-state index contributed by atoms with van der Waals surface area (Å²) in [7, 11) is 0. The van der Waals surface area contributed by atoms with Crippen LogP contribution < -0.4 is 10.1 Å². The molecule has 26 heavy (non-hydrogen) atoms. The van der Waals surface area contributed by atoms with E-state index in [1.165, 1.54) is 17.4 Å². The number of nitrogens with zero attached hydrogens (tertiary/aromatic N) is 1. The fourth-order valence-electron chi connectivity index (χ4n) is 2.28. The highest BCUT2D eigenvalue weighted by Crippen LogP contribution is 2.33. The third-order valence-corrected chi connectivity index (χ3v) is 4.69. The van der Waals surface area contributed by atoms with Gasteiger partial charge < -0.3 is 10.1 Å². The van der Waals surface area contributed by atoms with Gasteiger partial charge in [-0.05, 0) is 29.8 Å². The van der Waals surface area contributed by atoms with Gasteiger partial charge in [0.05, 0.1) is 12.1 Å². The minimum atomic E-state index is -2.92. The molecule has 0 aliphatic heterocycles. The number of alkyl halides is 2. The van der Waals surface area contributed by atoms with E-state index in [-0.39, 0.29) is 18.1 Å². The Bertz CT molecular complexity index is 900. The van der Waals surface area contributed by atoms with Gasteiger partial charge in [0.15, 0.2) is 5.13 Å². The molecule has 3 aromatic rings. The maximum absolute atomic E-state index is 12.5.